The maximum Gasteiger partial charge on any atom is 0.234 e. The number of amides is 1. The molecule has 0 radical (unpaired) electrons. The van der Waals surface area contributed by atoms with Crippen molar-refractivity contribution in [1.29, 1.82) is 0 Å². The first-order valence-corrected chi connectivity index (χ1v) is 6.73. The van der Waals surface area contributed by atoms with Crippen molar-refractivity contribution < 1.29 is 4.79 Å². The molecule has 0 bridgehead atoms. The maximum atomic E-state index is 11.6. The Morgan fingerprint density at radius 3 is 3.12 bits per heavy atom. The van der Waals surface area contributed by atoms with Gasteiger partial charge >= 0.3 is 0 Å². The zero-order valence-electron chi connectivity index (χ0n) is 10.0. The van der Waals surface area contributed by atoms with Gasteiger partial charge in [-0.1, -0.05) is 13.3 Å². The highest BCUT2D eigenvalue weighted by atomic mass is 32.1. The third-order valence-corrected chi connectivity index (χ3v) is 3.67. The molecule has 1 amide bonds. The highest BCUT2D eigenvalue weighted by Crippen LogP contribution is 2.28. The maximum absolute atomic E-state index is 11.6. The average Bonchev–Trinajstić information content (AvgIpc) is 2.74. The molecule has 0 aromatic carbocycles. The molecule has 1 aliphatic heterocycles. The molecule has 6 heteroatoms. The third-order valence-electron chi connectivity index (χ3n) is 2.76. The first kappa shape index (κ1) is 12.3. The summed E-state index contributed by atoms with van der Waals surface area (Å²) in [7, 11) is 0. The lowest BCUT2D eigenvalue weighted by Crippen LogP contribution is -2.35. The molecule has 0 unspecified atom stereocenters. The lowest BCUT2D eigenvalue weighted by Gasteiger charge is -2.14. The van der Waals surface area contributed by atoms with Crippen LogP contribution in [0.4, 0.5) is 5.13 Å². The molecule has 1 aromatic heterocycles. The van der Waals surface area contributed by atoms with Crippen LogP contribution in [0.2, 0.25) is 0 Å². The fraction of sp³-hybridized carbons (Fsp3) is 0.636. The Kier molecular flexibility index (Phi) is 3.96. The molecule has 0 aliphatic carbocycles. The van der Waals surface area contributed by atoms with Crippen LogP contribution in [0.15, 0.2) is 0 Å². The zero-order chi connectivity index (χ0) is 12.3. The van der Waals surface area contributed by atoms with Crippen molar-refractivity contribution in [2.45, 2.75) is 32.9 Å². The molecule has 17 heavy (non-hydrogen) atoms. The lowest BCUT2D eigenvalue weighted by atomic mass is 10.3. The van der Waals surface area contributed by atoms with Gasteiger partial charge in [-0.3, -0.25) is 9.69 Å². The van der Waals surface area contributed by atoms with Crippen molar-refractivity contribution in [3.8, 4) is 0 Å². The van der Waals surface area contributed by atoms with Crippen molar-refractivity contribution in [3.05, 3.63) is 10.6 Å². The van der Waals surface area contributed by atoms with Gasteiger partial charge in [0.2, 0.25) is 5.91 Å². The van der Waals surface area contributed by atoms with Crippen LogP contribution in [0.1, 0.15) is 30.3 Å². The second-order valence-corrected chi connectivity index (χ2v) is 5.39. The summed E-state index contributed by atoms with van der Waals surface area (Å²) in [4.78, 5) is 19.2. The molecule has 3 N–H and O–H groups in total. The van der Waals surface area contributed by atoms with E-state index in [4.69, 9.17) is 5.73 Å². The van der Waals surface area contributed by atoms with Gasteiger partial charge in [0.25, 0.3) is 0 Å². The van der Waals surface area contributed by atoms with Crippen LogP contribution in [0.5, 0.6) is 0 Å². The lowest BCUT2D eigenvalue weighted by molar-refractivity contribution is -0.122. The van der Waals surface area contributed by atoms with Crippen LogP contribution in [0, 0.1) is 0 Å². The van der Waals surface area contributed by atoms with Gasteiger partial charge in [-0.2, -0.15) is 0 Å². The van der Waals surface area contributed by atoms with E-state index in [0.717, 1.165) is 38.2 Å². The number of rotatable bonds is 5. The summed E-state index contributed by atoms with van der Waals surface area (Å²) in [5, 5.41) is 3.55. The Hall–Kier alpha value is -1.14. The molecule has 1 aromatic rings. The standard InChI is InChI=1S/C11H18N4OS/c1-2-3-4-13-10(16)7-15-5-8-9(6-15)17-11(12)14-8/h2-7H2,1H3,(H2,12,14)(H,13,16). The summed E-state index contributed by atoms with van der Waals surface area (Å²) in [6, 6.07) is 0. The predicted octanol–water partition coefficient (Wildman–Crippen LogP) is 0.957. The van der Waals surface area contributed by atoms with Gasteiger partial charge in [0.05, 0.1) is 12.2 Å². The molecule has 2 rings (SSSR count). The molecule has 0 fully saturated rings. The first-order valence-electron chi connectivity index (χ1n) is 5.92. The highest BCUT2D eigenvalue weighted by molar-refractivity contribution is 7.15. The number of anilines is 1. The number of carbonyl (C=O) groups is 1. The summed E-state index contributed by atoms with van der Waals surface area (Å²) in [6.07, 6.45) is 2.14. The molecule has 2 heterocycles. The average molecular weight is 254 g/mol. The van der Waals surface area contributed by atoms with E-state index in [0.29, 0.717) is 11.7 Å². The molecule has 94 valence electrons. The number of nitrogens with zero attached hydrogens (tertiary/aromatic N) is 2. The normalized spacial score (nSPS) is 14.9. The second-order valence-electron chi connectivity index (χ2n) is 4.27. The highest BCUT2D eigenvalue weighted by Gasteiger charge is 2.24. The number of aromatic nitrogens is 1. The van der Waals surface area contributed by atoms with E-state index in [1.807, 2.05) is 0 Å². The number of carbonyl (C=O) groups excluding carboxylic acids is 1. The van der Waals surface area contributed by atoms with Crippen LogP contribution < -0.4 is 11.1 Å². The number of nitrogens with one attached hydrogen (secondary N) is 1. The zero-order valence-corrected chi connectivity index (χ0v) is 10.8. The SMILES string of the molecule is CCCCNC(=O)CN1Cc2nc(N)sc2C1. The van der Waals surface area contributed by atoms with Gasteiger partial charge in [0, 0.05) is 24.5 Å². The van der Waals surface area contributed by atoms with Gasteiger partial charge in [0.1, 0.15) is 0 Å². The molecule has 0 atom stereocenters. The summed E-state index contributed by atoms with van der Waals surface area (Å²) in [5.74, 6) is 0.0987. The smallest absolute Gasteiger partial charge is 0.234 e. The molecule has 0 saturated carbocycles. The number of fused-ring (bicyclic) bond motifs is 1. The molecule has 5 nitrogen and oxygen atoms in total. The monoisotopic (exact) mass is 254 g/mol. The van der Waals surface area contributed by atoms with Gasteiger partial charge < -0.3 is 11.1 Å². The van der Waals surface area contributed by atoms with Crippen molar-refractivity contribution in [2.24, 2.45) is 0 Å². The summed E-state index contributed by atoms with van der Waals surface area (Å²) in [6.45, 7) is 4.87. The number of hydrogen-bond donors (Lipinski definition) is 2. The Morgan fingerprint density at radius 1 is 1.59 bits per heavy atom. The first-order chi connectivity index (χ1) is 8.19. The van der Waals surface area contributed by atoms with Crippen molar-refractivity contribution in [1.82, 2.24) is 15.2 Å². The van der Waals surface area contributed by atoms with Crippen molar-refractivity contribution in [3.63, 3.8) is 0 Å². The number of thiazole rings is 1. The Labute approximate surface area is 105 Å². The fourth-order valence-electron chi connectivity index (χ4n) is 1.90. The molecule has 0 spiro atoms. The number of nitrogens with two attached hydrogens (primary N) is 1. The van der Waals surface area contributed by atoms with Crippen LogP contribution in [0.3, 0.4) is 0 Å². The fourth-order valence-corrected chi connectivity index (χ4v) is 2.78. The van der Waals surface area contributed by atoms with E-state index in [2.05, 4.69) is 22.1 Å². The summed E-state index contributed by atoms with van der Waals surface area (Å²) in [5.41, 5.74) is 6.66. The minimum atomic E-state index is 0.0987. The minimum Gasteiger partial charge on any atom is -0.375 e. The Bertz CT molecular complexity index is 381. The molecule has 1 aliphatic rings. The second kappa shape index (κ2) is 5.46. The van der Waals surface area contributed by atoms with Crippen molar-refractivity contribution in [2.75, 3.05) is 18.8 Å². The van der Waals surface area contributed by atoms with E-state index < -0.39 is 0 Å². The molecule has 0 saturated heterocycles. The summed E-state index contributed by atoms with van der Waals surface area (Å²) >= 11 is 1.52. The quantitative estimate of drug-likeness (QED) is 0.768. The third kappa shape index (κ3) is 3.17. The van der Waals surface area contributed by atoms with E-state index >= 15 is 0 Å². The van der Waals surface area contributed by atoms with Crippen LogP contribution in [-0.4, -0.2) is 28.9 Å². The molecular formula is C11H18N4OS. The van der Waals surface area contributed by atoms with Gasteiger partial charge in [0.15, 0.2) is 5.13 Å². The summed E-state index contributed by atoms with van der Waals surface area (Å²) < 4.78 is 0. The number of nitrogen functional groups attached to an aromatic ring is 1. The van der Waals surface area contributed by atoms with Gasteiger partial charge in [-0.25, -0.2) is 4.98 Å². The van der Waals surface area contributed by atoms with E-state index in [1.165, 1.54) is 16.2 Å². The van der Waals surface area contributed by atoms with Crippen molar-refractivity contribution >= 4 is 22.4 Å². The van der Waals surface area contributed by atoms with Gasteiger partial charge in [-0.05, 0) is 6.42 Å². The van der Waals surface area contributed by atoms with Crippen LogP contribution >= 0.6 is 11.3 Å². The van der Waals surface area contributed by atoms with E-state index in [-0.39, 0.29) is 5.91 Å². The minimum absolute atomic E-state index is 0.0987. The van der Waals surface area contributed by atoms with E-state index in [1.54, 1.807) is 0 Å². The molecular weight excluding hydrogens is 236 g/mol. The predicted molar refractivity (Wildman–Crippen MR) is 68.6 cm³/mol. The largest absolute Gasteiger partial charge is 0.375 e. The number of hydrogen-bond acceptors (Lipinski definition) is 5. The number of unbranched alkanes of at least 4 members (excludes halogenated alkanes) is 1. The van der Waals surface area contributed by atoms with Crippen LogP contribution in [-0.2, 0) is 17.9 Å². The topological polar surface area (TPSA) is 71.2 Å². The Morgan fingerprint density at radius 2 is 2.41 bits per heavy atom. The van der Waals surface area contributed by atoms with Gasteiger partial charge in [-0.15, -0.1) is 11.3 Å². The van der Waals surface area contributed by atoms with E-state index in [9.17, 15) is 4.79 Å². The van der Waals surface area contributed by atoms with Crippen LogP contribution in [0.25, 0.3) is 0 Å². The Balaban J connectivity index is 1.75.